The molecule has 3 aromatic carbocycles. The quantitative estimate of drug-likeness (QED) is 0.165. The number of halogens is 1. The Labute approximate surface area is 209 Å². The summed E-state index contributed by atoms with van der Waals surface area (Å²) in [6.07, 6.45) is 1.42. The van der Waals surface area contributed by atoms with Gasteiger partial charge in [-0.1, -0.05) is 39.4 Å². The molecule has 0 unspecified atom stereocenters. The molecule has 0 aliphatic carbocycles. The molecular formula is C22H14BrN5O6S. The maximum absolute atomic E-state index is 13.5. The lowest BCUT2D eigenvalue weighted by molar-refractivity contribution is -0.394. The standard InChI is InChI=1S/C22H14BrN5O6S/c1-34-18-6-7-19-20(11-18)35-22(25-19)26(24-12-13-2-4-15(23)5-3-13)21(29)14-8-16(27(30)31)10-17(9-14)28(32)33/h2-12H,1H3/b24-12+. The molecule has 13 heteroatoms. The minimum absolute atomic E-state index is 0.167. The molecule has 0 fully saturated rings. The molecule has 35 heavy (non-hydrogen) atoms. The summed E-state index contributed by atoms with van der Waals surface area (Å²) in [6, 6.07) is 15.0. The molecule has 0 N–H and O–H groups in total. The van der Waals surface area contributed by atoms with Crippen molar-refractivity contribution in [2.75, 3.05) is 12.1 Å². The van der Waals surface area contributed by atoms with Gasteiger partial charge < -0.3 is 4.74 Å². The highest BCUT2D eigenvalue weighted by molar-refractivity contribution is 9.10. The fraction of sp³-hybridized carbons (Fsp3) is 0.0455. The number of anilines is 1. The lowest BCUT2D eigenvalue weighted by atomic mass is 10.1. The van der Waals surface area contributed by atoms with Gasteiger partial charge in [0.15, 0.2) is 0 Å². The largest absolute Gasteiger partial charge is 0.497 e. The number of rotatable bonds is 7. The monoisotopic (exact) mass is 555 g/mol. The number of benzene rings is 3. The van der Waals surface area contributed by atoms with Gasteiger partial charge in [-0.2, -0.15) is 10.1 Å². The Morgan fingerprint density at radius 1 is 1.06 bits per heavy atom. The molecule has 11 nitrogen and oxygen atoms in total. The van der Waals surface area contributed by atoms with Crippen LogP contribution in [-0.4, -0.2) is 34.1 Å². The molecule has 0 radical (unpaired) electrons. The SMILES string of the molecule is COc1ccc2nc(N(/N=C/c3ccc(Br)cc3)C(=O)c3cc([N+](=O)[O-])cc([N+](=O)[O-])c3)sc2c1. The van der Waals surface area contributed by atoms with Gasteiger partial charge in [0.1, 0.15) is 5.75 Å². The minimum Gasteiger partial charge on any atom is -0.497 e. The molecule has 4 aromatic rings. The van der Waals surface area contributed by atoms with Crippen molar-refractivity contribution in [3.8, 4) is 5.75 Å². The second-order valence-electron chi connectivity index (χ2n) is 7.00. The van der Waals surface area contributed by atoms with E-state index in [-0.39, 0.29) is 10.7 Å². The fourth-order valence-electron chi connectivity index (χ4n) is 3.02. The Balaban J connectivity index is 1.82. The van der Waals surface area contributed by atoms with Crippen LogP contribution in [0.5, 0.6) is 5.75 Å². The molecule has 0 saturated heterocycles. The van der Waals surface area contributed by atoms with Gasteiger partial charge >= 0.3 is 0 Å². The first-order chi connectivity index (χ1) is 16.7. The van der Waals surface area contributed by atoms with Gasteiger partial charge in [-0.3, -0.25) is 25.0 Å². The molecular weight excluding hydrogens is 542 g/mol. The molecule has 0 atom stereocenters. The summed E-state index contributed by atoms with van der Waals surface area (Å²) in [5.74, 6) is -0.227. The van der Waals surface area contributed by atoms with Crippen molar-refractivity contribution < 1.29 is 19.4 Å². The number of ether oxygens (including phenoxy) is 1. The topological polar surface area (TPSA) is 141 Å². The molecule has 1 heterocycles. The predicted molar refractivity (Wildman–Crippen MR) is 134 cm³/mol. The van der Waals surface area contributed by atoms with Crippen LogP contribution in [0.2, 0.25) is 0 Å². The zero-order valence-corrected chi connectivity index (χ0v) is 20.2. The summed E-state index contributed by atoms with van der Waals surface area (Å²) in [6.45, 7) is 0. The van der Waals surface area contributed by atoms with Crippen molar-refractivity contribution in [3.05, 3.63) is 96.5 Å². The summed E-state index contributed by atoms with van der Waals surface area (Å²) < 4.78 is 6.79. The Morgan fingerprint density at radius 3 is 2.31 bits per heavy atom. The van der Waals surface area contributed by atoms with Gasteiger partial charge in [0, 0.05) is 16.6 Å². The number of amides is 1. The number of fused-ring (bicyclic) bond motifs is 1. The van der Waals surface area contributed by atoms with Crippen LogP contribution in [0.15, 0.2) is 70.2 Å². The lowest BCUT2D eigenvalue weighted by Gasteiger charge is -2.13. The summed E-state index contributed by atoms with van der Waals surface area (Å²) >= 11 is 4.49. The van der Waals surface area contributed by atoms with Gasteiger partial charge in [-0.25, -0.2) is 4.98 Å². The van der Waals surface area contributed by atoms with E-state index in [9.17, 15) is 25.0 Å². The van der Waals surface area contributed by atoms with Gasteiger partial charge in [0.2, 0.25) is 5.13 Å². The predicted octanol–water partition coefficient (Wildman–Crippen LogP) is 5.56. The van der Waals surface area contributed by atoms with Crippen molar-refractivity contribution in [1.82, 2.24) is 4.98 Å². The van der Waals surface area contributed by atoms with Crippen LogP contribution in [0, 0.1) is 20.2 Å². The summed E-state index contributed by atoms with van der Waals surface area (Å²) in [5.41, 5.74) is -0.219. The zero-order chi connectivity index (χ0) is 25.1. The first-order valence-electron chi connectivity index (χ1n) is 9.77. The molecule has 1 aromatic heterocycles. The van der Waals surface area contributed by atoms with Crippen LogP contribution < -0.4 is 9.75 Å². The molecule has 4 rings (SSSR count). The third-order valence-electron chi connectivity index (χ3n) is 4.72. The summed E-state index contributed by atoms with van der Waals surface area (Å²) in [5, 5.41) is 28.0. The van der Waals surface area contributed by atoms with Crippen LogP contribution in [0.1, 0.15) is 15.9 Å². The third kappa shape index (κ3) is 5.31. The molecule has 0 bridgehead atoms. The Hall–Kier alpha value is -4.23. The number of nitrogens with zero attached hydrogens (tertiary/aromatic N) is 5. The number of thiazole rings is 1. The van der Waals surface area contributed by atoms with E-state index in [0.717, 1.165) is 39.0 Å². The van der Waals surface area contributed by atoms with Crippen LogP contribution in [0.25, 0.3) is 10.2 Å². The van der Waals surface area contributed by atoms with E-state index in [4.69, 9.17) is 4.74 Å². The second-order valence-corrected chi connectivity index (χ2v) is 8.92. The van der Waals surface area contributed by atoms with Crippen molar-refractivity contribution in [1.29, 1.82) is 0 Å². The smallest absolute Gasteiger partial charge is 0.281 e. The number of nitro benzene ring substituents is 2. The second kappa shape index (κ2) is 9.95. The molecule has 0 saturated carbocycles. The van der Waals surface area contributed by atoms with E-state index in [2.05, 4.69) is 26.0 Å². The maximum atomic E-state index is 13.5. The van der Waals surface area contributed by atoms with Gasteiger partial charge in [-0.15, -0.1) is 0 Å². The number of hydrazone groups is 1. The van der Waals surface area contributed by atoms with Gasteiger partial charge in [0.25, 0.3) is 17.3 Å². The van der Waals surface area contributed by atoms with Crippen LogP contribution in [-0.2, 0) is 0 Å². The third-order valence-corrected chi connectivity index (χ3v) is 6.24. The first kappa shape index (κ1) is 23.9. The van der Waals surface area contributed by atoms with E-state index < -0.39 is 27.1 Å². The number of nitro groups is 2. The van der Waals surface area contributed by atoms with Crippen LogP contribution >= 0.6 is 27.3 Å². The highest BCUT2D eigenvalue weighted by atomic mass is 79.9. The number of carbonyl (C=O) groups excluding carboxylic acids is 1. The number of carbonyl (C=O) groups is 1. The molecule has 176 valence electrons. The average molecular weight is 556 g/mol. The van der Waals surface area contributed by atoms with Gasteiger partial charge in [-0.05, 0) is 35.9 Å². The number of non-ortho nitro benzene ring substituents is 2. The van der Waals surface area contributed by atoms with Crippen LogP contribution in [0.4, 0.5) is 16.5 Å². The highest BCUT2D eigenvalue weighted by Gasteiger charge is 2.26. The van der Waals surface area contributed by atoms with Crippen molar-refractivity contribution in [2.24, 2.45) is 5.10 Å². The molecule has 1 amide bonds. The number of aromatic nitrogens is 1. The van der Waals surface area contributed by atoms with Crippen molar-refractivity contribution >= 4 is 66.1 Å². The van der Waals surface area contributed by atoms with E-state index in [0.29, 0.717) is 21.5 Å². The highest BCUT2D eigenvalue weighted by Crippen LogP contribution is 2.33. The number of hydrogen-bond acceptors (Lipinski definition) is 9. The van der Waals surface area contributed by atoms with E-state index in [1.165, 1.54) is 13.3 Å². The molecule has 0 spiro atoms. The Kier molecular flexibility index (Phi) is 6.80. The van der Waals surface area contributed by atoms with E-state index in [1.807, 2.05) is 0 Å². The Morgan fingerprint density at radius 2 is 1.71 bits per heavy atom. The normalized spacial score (nSPS) is 11.0. The van der Waals surface area contributed by atoms with Crippen molar-refractivity contribution in [3.63, 3.8) is 0 Å². The molecule has 0 aliphatic heterocycles. The number of methoxy groups -OCH3 is 1. The number of hydrogen-bond donors (Lipinski definition) is 0. The Bertz CT molecular complexity index is 1460. The minimum atomic E-state index is -0.823. The van der Waals surface area contributed by atoms with Crippen molar-refractivity contribution in [2.45, 2.75) is 0 Å². The fourth-order valence-corrected chi connectivity index (χ4v) is 4.24. The lowest BCUT2D eigenvalue weighted by Crippen LogP contribution is -2.25. The zero-order valence-electron chi connectivity index (χ0n) is 17.8. The maximum Gasteiger partial charge on any atom is 0.281 e. The average Bonchev–Trinajstić information content (AvgIpc) is 3.27. The van der Waals surface area contributed by atoms with E-state index >= 15 is 0 Å². The summed E-state index contributed by atoms with van der Waals surface area (Å²) in [7, 11) is 1.52. The van der Waals surface area contributed by atoms with Crippen LogP contribution in [0.3, 0.4) is 0 Å². The summed E-state index contributed by atoms with van der Waals surface area (Å²) in [4.78, 5) is 38.9. The molecule has 0 aliphatic rings. The van der Waals surface area contributed by atoms with Gasteiger partial charge in [0.05, 0.1) is 45.0 Å². The van der Waals surface area contributed by atoms with E-state index in [1.54, 1.807) is 42.5 Å². The first-order valence-corrected chi connectivity index (χ1v) is 11.4.